The summed E-state index contributed by atoms with van der Waals surface area (Å²) in [4.78, 5) is 26.1. The number of fused-ring (bicyclic) bond motifs is 1. The fraction of sp³-hybridized carbons (Fsp3) is 0.579. The quantitative estimate of drug-likeness (QED) is 0.841. The molecule has 7 heteroatoms. The molecule has 1 aliphatic heterocycles. The molecule has 0 N–H and O–H groups in total. The number of carbonyl (C=O) groups excluding carboxylic acids is 1. The van der Waals surface area contributed by atoms with Crippen LogP contribution in [0.1, 0.15) is 40.3 Å². The molecule has 0 radical (unpaired) electrons. The molecule has 3 atom stereocenters. The maximum atomic E-state index is 13.0. The largest absolute Gasteiger partial charge is 0.361 e. The molecule has 7 nitrogen and oxygen atoms in total. The van der Waals surface area contributed by atoms with E-state index in [0.717, 1.165) is 37.4 Å². The van der Waals surface area contributed by atoms with E-state index in [0.29, 0.717) is 34.9 Å². The molecule has 1 saturated heterocycles. The van der Waals surface area contributed by atoms with Gasteiger partial charge in [-0.1, -0.05) is 5.16 Å². The van der Waals surface area contributed by atoms with E-state index >= 15 is 0 Å². The zero-order valence-electron chi connectivity index (χ0n) is 15.8. The van der Waals surface area contributed by atoms with Crippen molar-refractivity contribution in [3.8, 4) is 0 Å². The predicted molar refractivity (Wildman–Crippen MR) is 97.1 cm³/mol. The van der Waals surface area contributed by atoms with Crippen molar-refractivity contribution in [3.63, 3.8) is 0 Å². The van der Waals surface area contributed by atoms with E-state index in [1.54, 1.807) is 13.1 Å². The smallest absolute Gasteiger partial charge is 0.259 e. The monoisotopic (exact) mass is 355 g/mol. The van der Waals surface area contributed by atoms with Gasteiger partial charge in [0.2, 0.25) is 0 Å². The van der Waals surface area contributed by atoms with Crippen LogP contribution in [0.15, 0.2) is 16.9 Å². The van der Waals surface area contributed by atoms with Crippen LogP contribution in [-0.4, -0.2) is 52.1 Å². The molecule has 0 unspecified atom stereocenters. The number of anilines is 1. The van der Waals surface area contributed by atoms with Crippen molar-refractivity contribution in [2.45, 2.75) is 39.7 Å². The molecule has 138 valence electrons. The van der Waals surface area contributed by atoms with Gasteiger partial charge in [-0.25, -0.2) is 4.98 Å². The van der Waals surface area contributed by atoms with E-state index in [2.05, 4.69) is 27.1 Å². The Kier molecular flexibility index (Phi) is 4.17. The van der Waals surface area contributed by atoms with Crippen LogP contribution in [0.3, 0.4) is 0 Å². The Morgan fingerprint density at radius 1 is 1.19 bits per heavy atom. The van der Waals surface area contributed by atoms with Gasteiger partial charge < -0.3 is 14.3 Å². The summed E-state index contributed by atoms with van der Waals surface area (Å²) < 4.78 is 5.18. The lowest BCUT2D eigenvalue weighted by molar-refractivity contribution is 0.0777. The van der Waals surface area contributed by atoms with Gasteiger partial charge in [0.05, 0.1) is 23.8 Å². The van der Waals surface area contributed by atoms with Gasteiger partial charge in [0.25, 0.3) is 5.91 Å². The molecule has 4 rings (SSSR count). The van der Waals surface area contributed by atoms with E-state index in [4.69, 9.17) is 4.52 Å². The van der Waals surface area contributed by atoms with E-state index in [1.165, 1.54) is 0 Å². The third kappa shape index (κ3) is 2.75. The van der Waals surface area contributed by atoms with E-state index in [-0.39, 0.29) is 5.91 Å². The molecule has 2 fully saturated rings. The topological polar surface area (TPSA) is 75.4 Å². The van der Waals surface area contributed by atoms with E-state index < -0.39 is 0 Å². The molecule has 0 aromatic carbocycles. The van der Waals surface area contributed by atoms with Gasteiger partial charge in [0.1, 0.15) is 17.1 Å². The SMILES string of the molecule is Cc1cnc(N(C)[C@@H]2CC[C@@H]3CN(C(=O)c4c(C)noc4C)C[C@@H]32)cn1. The summed E-state index contributed by atoms with van der Waals surface area (Å²) in [5, 5.41) is 3.92. The zero-order valence-corrected chi connectivity index (χ0v) is 15.8. The van der Waals surface area contributed by atoms with Crippen molar-refractivity contribution in [2.75, 3.05) is 25.0 Å². The van der Waals surface area contributed by atoms with Crippen LogP contribution in [-0.2, 0) is 0 Å². The Morgan fingerprint density at radius 2 is 2.00 bits per heavy atom. The lowest BCUT2D eigenvalue weighted by atomic mass is 9.97. The molecule has 1 amide bonds. The number of aromatic nitrogens is 3. The van der Waals surface area contributed by atoms with Crippen LogP contribution in [0.5, 0.6) is 0 Å². The van der Waals surface area contributed by atoms with Crippen molar-refractivity contribution < 1.29 is 9.32 Å². The molecule has 3 heterocycles. The molecule has 1 saturated carbocycles. The summed E-state index contributed by atoms with van der Waals surface area (Å²) in [6, 6.07) is 0.388. The number of likely N-dealkylation sites (tertiary alicyclic amines) is 1. The Balaban J connectivity index is 1.50. The number of amides is 1. The first-order chi connectivity index (χ1) is 12.5. The first-order valence-corrected chi connectivity index (χ1v) is 9.19. The summed E-state index contributed by atoms with van der Waals surface area (Å²) in [6.45, 7) is 7.17. The minimum atomic E-state index is 0.0483. The molecule has 2 aromatic heterocycles. The van der Waals surface area contributed by atoms with Crippen molar-refractivity contribution in [2.24, 2.45) is 11.8 Å². The average molecular weight is 355 g/mol. The third-order valence-corrected chi connectivity index (χ3v) is 5.98. The summed E-state index contributed by atoms with van der Waals surface area (Å²) in [7, 11) is 2.09. The van der Waals surface area contributed by atoms with Crippen molar-refractivity contribution in [1.82, 2.24) is 20.0 Å². The highest BCUT2D eigenvalue weighted by Gasteiger charge is 2.46. The highest BCUT2D eigenvalue weighted by molar-refractivity contribution is 5.96. The van der Waals surface area contributed by atoms with Gasteiger partial charge in [0.15, 0.2) is 0 Å². The molecule has 1 aliphatic carbocycles. The molecule has 0 bridgehead atoms. The Hall–Kier alpha value is -2.44. The summed E-state index contributed by atoms with van der Waals surface area (Å²) in [6.07, 6.45) is 5.92. The lowest BCUT2D eigenvalue weighted by Crippen LogP contribution is -2.39. The van der Waals surface area contributed by atoms with Gasteiger partial charge in [-0.2, -0.15) is 0 Å². The van der Waals surface area contributed by atoms with E-state index in [9.17, 15) is 4.79 Å². The minimum absolute atomic E-state index is 0.0483. The molecular weight excluding hydrogens is 330 g/mol. The van der Waals surface area contributed by atoms with Crippen LogP contribution in [0.2, 0.25) is 0 Å². The van der Waals surface area contributed by atoms with Crippen LogP contribution in [0.25, 0.3) is 0 Å². The first kappa shape index (κ1) is 17.0. The number of hydrogen-bond donors (Lipinski definition) is 0. The second kappa shape index (κ2) is 6.37. The predicted octanol–water partition coefficient (Wildman–Crippen LogP) is 2.38. The van der Waals surface area contributed by atoms with Crippen LogP contribution in [0.4, 0.5) is 5.82 Å². The van der Waals surface area contributed by atoms with Crippen molar-refractivity contribution in [1.29, 1.82) is 0 Å². The summed E-state index contributed by atoms with van der Waals surface area (Å²) in [5.41, 5.74) is 2.22. The normalized spacial score (nSPS) is 24.8. The highest BCUT2D eigenvalue weighted by atomic mass is 16.5. The zero-order chi connectivity index (χ0) is 18.4. The van der Waals surface area contributed by atoms with Crippen LogP contribution in [0, 0.1) is 32.6 Å². The molecule has 26 heavy (non-hydrogen) atoms. The average Bonchev–Trinajstić information content (AvgIpc) is 3.29. The molecule has 2 aliphatic rings. The highest BCUT2D eigenvalue weighted by Crippen LogP contribution is 2.41. The first-order valence-electron chi connectivity index (χ1n) is 9.19. The molecule has 0 spiro atoms. The molecule has 2 aromatic rings. The van der Waals surface area contributed by atoms with Gasteiger partial charge in [-0.05, 0) is 39.5 Å². The number of carbonyl (C=O) groups is 1. The molecular formula is C19H25N5O2. The second-order valence-corrected chi connectivity index (χ2v) is 7.60. The summed E-state index contributed by atoms with van der Waals surface area (Å²) in [5.74, 6) is 2.56. The third-order valence-electron chi connectivity index (χ3n) is 5.98. The van der Waals surface area contributed by atoms with E-state index in [1.807, 2.05) is 24.9 Å². The Morgan fingerprint density at radius 3 is 2.65 bits per heavy atom. The van der Waals surface area contributed by atoms with Crippen LogP contribution >= 0.6 is 0 Å². The standard InChI is InChI=1S/C19H25N5O2/c1-11-7-21-17(8-20-11)23(4)16-6-5-14-9-24(10-15(14)16)19(25)18-12(2)22-26-13(18)3/h7-8,14-16H,5-6,9-10H2,1-4H3/t14-,15+,16-/m1/s1. The van der Waals surface area contributed by atoms with Crippen LogP contribution < -0.4 is 4.90 Å². The van der Waals surface area contributed by atoms with Gasteiger partial charge in [-0.3, -0.25) is 9.78 Å². The van der Waals surface area contributed by atoms with Gasteiger partial charge >= 0.3 is 0 Å². The minimum Gasteiger partial charge on any atom is -0.361 e. The lowest BCUT2D eigenvalue weighted by Gasteiger charge is -2.30. The number of hydrogen-bond acceptors (Lipinski definition) is 6. The van der Waals surface area contributed by atoms with Gasteiger partial charge in [0, 0.05) is 32.1 Å². The fourth-order valence-electron chi connectivity index (χ4n) is 4.57. The number of aryl methyl sites for hydroxylation is 3. The van der Waals surface area contributed by atoms with Crippen molar-refractivity contribution >= 4 is 11.7 Å². The summed E-state index contributed by atoms with van der Waals surface area (Å²) >= 11 is 0. The Labute approximate surface area is 153 Å². The van der Waals surface area contributed by atoms with Gasteiger partial charge in [-0.15, -0.1) is 0 Å². The number of rotatable bonds is 3. The Bertz CT molecular complexity index is 796. The fourth-order valence-corrected chi connectivity index (χ4v) is 4.57. The van der Waals surface area contributed by atoms with Crippen molar-refractivity contribution in [3.05, 3.63) is 35.1 Å². The maximum absolute atomic E-state index is 13.0. The maximum Gasteiger partial charge on any atom is 0.259 e. The number of nitrogens with zero attached hydrogens (tertiary/aromatic N) is 5. The second-order valence-electron chi connectivity index (χ2n) is 7.60.